The van der Waals surface area contributed by atoms with Gasteiger partial charge in [0.15, 0.2) is 0 Å². The van der Waals surface area contributed by atoms with Crippen LogP contribution in [0.25, 0.3) is 0 Å². The average Bonchev–Trinajstić information content (AvgIpc) is 2.21. The largest absolute Gasteiger partial charge is 0.494 e. The van der Waals surface area contributed by atoms with Crippen LogP contribution in [0.1, 0.15) is 13.3 Å². The lowest BCUT2D eigenvalue weighted by Crippen LogP contribution is -2.01. The summed E-state index contributed by atoms with van der Waals surface area (Å²) in [5, 5.41) is 3.27. The summed E-state index contributed by atoms with van der Waals surface area (Å²) in [5.74, 6) is 1.61. The lowest BCUT2D eigenvalue weighted by atomic mass is 10.3. The van der Waals surface area contributed by atoms with E-state index in [0.717, 1.165) is 24.4 Å². The van der Waals surface area contributed by atoms with Crippen LogP contribution in [0.15, 0.2) is 24.3 Å². The van der Waals surface area contributed by atoms with E-state index < -0.39 is 0 Å². The van der Waals surface area contributed by atoms with Crippen molar-refractivity contribution >= 4 is 17.3 Å². The third-order valence-corrected chi connectivity index (χ3v) is 2.07. The summed E-state index contributed by atoms with van der Waals surface area (Å²) < 4.78 is 5.34. The van der Waals surface area contributed by atoms with Crippen molar-refractivity contribution in [2.45, 2.75) is 13.3 Å². The molecule has 1 aromatic rings. The van der Waals surface area contributed by atoms with Gasteiger partial charge in [0.25, 0.3) is 0 Å². The van der Waals surface area contributed by atoms with E-state index in [1.54, 1.807) is 0 Å². The molecule has 0 saturated carbocycles. The molecule has 14 heavy (non-hydrogen) atoms. The number of ether oxygens (including phenoxy) is 1. The van der Waals surface area contributed by atoms with E-state index in [4.69, 9.17) is 16.3 Å². The standard InChI is InChI=1S/C11H16ClNO/c1-2-14-11-6-4-10(5-7-11)13-9-3-8-12/h4-7,13H,2-3,8-9H2,1H3. The second-order valence-electron chi connectivity index (χ2n) is 2.93. The van der Waals surface area contributed by atoms with Crippen LogP contribution in [0, 0.1) is 0 Å². The van der Waals surface area contributed by atoms with Crippen molar-refractivity contribution in [2.24, 2.45) is 0 Å². The monoisotopic (exact) mass is 213 g/mol. The van der Waals surface area contributed by atoms with E-state index in [-0.39, 0.29) is 0 Å². The molecule has 0 fully saturated rings. The fourth-order valence-electron chi connectivity index (χ4n) is 1.14. The van der Waals surface area contributed by atoms with E-state index in [0.29, 0.717) is 12.5 Å². The fraction of sp³-hybridized carbons (Fsp3) is 0.455. The van der Waals surface area contributed by atoms with Gasteiger partial charge in [-0.3, -0.25) is 0 Å². The molecule has 0 spiro atoms. The van der Waals surface area contributed by atoms with Crippen molar-refractivity contribution in [1.82, 2.24) is 0 Å². The van der Waals surface area contributed by atoms with E-state index in [1.807, 2.05) is 31.2 Å². The second kappa shape index (κ2) is 6.55. The van der Waals surface area contributed by atoms with Crippen LogP contribution >= 0.6 is 11.6 Å². The summed E-state index contributed by atoms with van der Waals surface area (Å²) in [6, 6.07) is 7.96. The van der Waals surface area contributed by atoms with Gasteiger partial charge in [0.05, 0.1) is 6.61 Å². The number of alkyl halides is 1. The predicted molar refractivity (Wildman–Crippen MR) is 61.4 cm³/mol. The lowest BCUT2D eigenvalue weighted by Gasteiger charge is -2.06. The second-order valence-corrected chi connectivity index (χ2v) is 3.30. The zero-order valence-corrected chi connectivity index (χ0v) is 9.18. The third-order valence-electron chi connectivity index (χ3n) is 1.80. The van der Waals surface area contributed by atoms with Crippen LogP contribution in [-0.2, 0) is 0 Å². The number of hydrogen-bond acceptors (Lipinski definition) is 2. The molecule has 1 rings (SSSR count). The minimum Gasteiger partial charge on any atom is -0.494 e. The van der Waals surface area contributed by atoms with Gasteiger partial charge in [0.1, 0.15) is 5.75 Å². The van der Waals surface area contributed by atoms with Crippen LogP contribution in [0.2, 0.25) is 0 Å². The average molecular weight is 214 g/mol. The first-order valence-electron chi connectivity index (χ1n) is 4.89. The molecular formula is C11H16ClNO. The number of benzene rings is 1. The molecular weight excluding hydrogens is 198 g/mol. The van der Waals surface area contributed by atoms with E-state index in [1.165, 1.54) is 0 Å². The van der Waals surface area contributed by atoms with Crippen molar-refractivity contribution in [1.29, 1.82) is 0 Å². The Labute approximate surface area is 90.2 Å². The van der Waals surface area contributed by atoms with Crippen molar-refractivity contribution in [3.05, 3.63) is 24.3 Å². The van der Waals surface area contributed by atoms with Crippen molar-refractivity contribution in [3.8, 4) is 5.75 Å². The van der Waals surface area contributed by atoms with Gasteiger partial charge in [-0.25, -0.2) is 0 Å². The number of rotatable bonds is 6. The molecule has 0 unspecified atom stereocenters. The quantitative estimate of drug-likeness (QED) is 0.579. The van der Waals surface area contributed by atoms with Crippen molar-refractivity contribution in [2.75, 3.05) is 24.3 Å². The zero-order valence-electron chi connectivity index (χ0n) is 8.42. The molecule has 1 N–H and O–H groups in total. The molecule has 0 aromatic heterocycles. The first kappa shape index (κ1) is 11.2. The molecule has 0 aliphatic heterocycles. The molecule has 0 amide bonds. The highest BCUT2D eigenvalue weighted by molar-refractivity contribution is 6.17. The molecule has 3 heteroatoms. The van der Waals surface area contributed by atoms with Gasteiger partial charge in [0.2, 0.25) is 0 Å². The van der Waals surface area contributed by atoms with Crippen LogP contribution in [0.5, 0.6) is 5.75 Å². The lowest BCUT2D eigenvalue weighted by molar-refractivity contribution is 0.340. The van der Waals surface area contributed by atoms with E-state index >= 15 is 0 Å². The molecule has 2 nitrogen and oxygen atoms in total. The van der Waals surface area contributed by atoms with Crippen LogP contribution < -0.4 is 10.1 Å². The maximum absolute atomic E-state index is 5.57. The maximum atomic E-state index is 5.57. The Morgan fingerprint density at radius 1 is 1.29 bits per heavy atom. The van der Waals surface area contributed by atoms with Crippen LogP contribution in [-0.4, -0.2) is 19.0 Å². The Balaban J connectivity index is 2.38. The molecule has 0 saturated heterocycles. The first-order valence-corrected chi connectivity index (χ1v) is 5.43. The highest BCUT2D eigenvalue weighted by atomic mass is 35.5. The van der Waals surface area contributed by atoms with Gasteiger partial charge in [-0.15, -0.1) is 11.6 Å². The topological polar surface area (TPSA) is 21.3 Å². The third kappa shape index (κ3) is 3.88. The number of halogens is 1. The van der Waals surface area contributed by atoms with Gasteiger partial charge in [-0.05, 0) is 37.6 Å². The summed E-state index contributed by atoms with van der Waals surface area (Å²) >= 11 is 5.57. The Bertz CT molecular complexity index is 248. The minimum absolute atomic E-state index is 0.698. The van der Waals surface area contributed by atoms with Gasteiger partial charge < -0.3 is 10.1 Å². The summed E-state index contributed by atoms with van der Waals surface area (Å²) in [6.45, 7) is 3.60. The Morgan fingerprint density at radius 3 is 2.57 bits per heavy atom. The summed E-state index contributed by atoms with van der Waals surface area (Å²) in [4.78, 5) is 0. The number of hydrogen-bond donors (Lipinski definition) is 1. The zero-order chi connectivity index (χ0) is 10.2. The molecule has 0 atom stereocenters. The van der Waals surface area contributed by atoms with Crippen molar-refractivity contribution in [3.63, 3.8) is 0 Å². The van der Waals surface area contributed by atoms with Crippen molar-refractivity contribution < 1.29 is 4.74 Å². The maximum Gasteiger partial charge on any atom is 0.119 e. The van der Waals surface area contributed by atoms with E-state index in [2.05, 4.69) is 5.32 Å². The molecule has 0 heterocycles. The molecule has 1 aromatic carbocycles. The Morgan fingerprint density at radius 2 is 2.00 bits per heavy atom. The Kier molecular flexibility index (Phi) is 5.23. The summed E-state index contributed by atoms with van der Waals surface area (Å²) in [5.41, 5.74) is 1.11. The molecule has 0 aliphatic rings. The number of anilines is 1. The molecule has 0 aliphatic carbocycles. The summed E-state index contributed by atoms with van der Waals surface area (Å²) in [6.07, 6.45) is 0.981. The normalized spacial score (nSPS) is 9.86. The SMILES string of the molecule is CCOc1ccc(NCCCCl)cc1. The predicted octanol–water partition coefficient (Wildman–Crippen LogP) is 3.13. The van der Waals surface area contributed by atoms with Crippen LogP contribution in [0.3, 0.4) is 0 Å². The minimum atomic E-state index is 0.698. The van der Waals surface area contributed by atoms with Gasteiger partial charge in [0, 0.05) is 18.1 Å². The van der Waals surface area contributed by atoms with E-state index in [9.17, 15) is 0 Å². The highest BCUT2D eigenvalue weighted by Gasteiger charge is 1.93. The first-order chi connectivity index (χ1) is 6.86. The number of nitrogens with one attached hydrogen (secondary N) is 1. The van der Waals surface area contributed by atoms with Gasteiger partial charge >= 0.3 is 0 Å². The molecule has 78 valence electrons. The fourth-order valence-corrected chi connectivity index (χ4v) is 1.27. The van der Waals surface area contributed by atoms with Crippen LogP contribution in [0.4, 0.5) is 5.69 Å². The summed E-state index contributed by atoms with van der Waals surface area (Å²) in [7, 11) is 0. The Hall–Kier alpha value is -0.890. The van der Waals surface area contributed by atoms with Gasteiger partial charge in [-0.2, -0.15) is 0 Å². The smallest absolute Gasteiger partial charge is 0.119 e. The van der Waals surface area contributed by atoms with Gasteiger partial charge in [-0.1, -0.05) is 0 Å². The molecule has 0 bridgehead atoms. The highest BCUT2D eigenvalue weighted by Crippen LogP contribution is 2.15. The molecule has 0 radical (unpaired) electrons.